The van der Waals surface area contributed by atoms with E-state index in [0.717, 1.165) is 35.3 Å². The van der Waals surface area contributed by atoms with Crippen LogP contribution in [0.4, 0.5) is 0 Å². The van der Waals surface area contributed by atoms with Gasteiger partial charge >= 0.3 is 0 Å². The molecule has 0 radical (unpaired) electrons. The van der Waals surface area contributed by atoms with Crippen LogP contribution in [-0.2, 0) is 11.3 Å². The van der Waals surface area contributed by atoms with Gasteiger partial charge in [0.15, 0.2) is 0 Å². The van der Waals surface area contributed by atoms with Gasteiger partial charge in [0.05, 0.1) is 10.2 Å². The number of amides is 2. The molecule has 0 spiro atoms. The zero-order chi connectivity index (χ0) is 21.1. The molecule has 0 aliphatic carbocycles. The highest BCUT2D eigenvalue weighted by atomic mass is 32.1. The number of rotatable bonds is 6. The predicted molar refractivity (Wildman–Crippen MR) is 122 cm³/mol. The number of aromatic nitrogens is 1. The van der Waals surface area contributed by atoms with Gasteiger partial charge in [0.2, 0.25) is 5.91 Å². The molecule has 4 rings (SSSR count). The minimum Gasteiger partial charge on any atom is -0.355 e. The molecule has 6 heteroatoms. The number of hydrogen-bond acceptors (Lipinski definition) is 3. The van der Waals surface area contributed by atoms with Crippen LogP contribution in [0.3, 0.4) is 0 Å². The number of hydrogen-bond donors (Lipinski definition) is 1. The Bertz CT molecular complexity index is 1020. The lowest BCUT2D eigenvalue weighted by atomic mass is 9.95. The summed E-state index contributed by atoms with van der Waals surface area (Å²) in [7, 11) is 0. The van der Waals surface area contributed by atoms with Crippen LogP contribution < -0.4 is 5.32 Å². The van der Waals surface area contributed by atoms with Gasteiger partial charge in [0.25, 0.3) is 5.91 Å². The molecular weight excluding hydrogens is 394 g/mol. The number of thiophene rings is 1. The van der Waals surface area contributed by atoms with Gasteiger partial charge in [-0.05, 0) is 48.8 Å². The molecule has 3 heterocycles. The largest absolute Gasteiger partial charge is 0.355 e. The van der Waals surface area contributed by atoms with E-state index in [2.05, 4.69) is 47.3 Å². The smallest absolute Gasteiger partial charge is 0.270 e. The number of fused-ring (bicyclic) bond motifs is 1. The molecule has 2 amide bonds. The Morgan fingerprint density at radius 2 is 1.90 bits per heavy atom. The predicted octanol–water partition coefficient (Wildman–Crippen LogP) is 4.49. The number of carbonyl (C=O) groups is 2. The number of aryl methyl sites for hydroxylation is 1. The Kier molecular flexibility index (Phi) is 6.23. The minimum absolute atomic E-state index is 0.0153. The molecule has 1 aliphatic heterocycles. The van der Waals surface area contributed by atoms with Crippen LogP contribution in [0.2, 0.25) is 0 Å². The lowest BCUT2D eigenvalue weighted by Crippen LogP contribution is -2.44. The Morgan fingerprint density at radius 1 is 1.17 bits per heavy atom. The molecule has 1 atom stereocenters. The molecule has 0 saturated carbocycles. The van der Waals surface area contributed by atoms with Gasteiger partial charge in [-0.2, -0.15) is 0 Å². The number of carbonyl (C=O) groups excluding carboxylic acids is 2. The molecule has 158 valence electrons. The van der Waals surface area contributed by atoms with E-state index in [-0.39, 0.29) is 23.7 Å². The average Bonchev–Trinajstić information content (AvgIpc) is 3.38. The quantitative estimate of drug-likeness (QED) is 0.635. The van der Waals surface area contributed by atoms with Crippen molar-refractivity contribution >= 4 is 33.4 Å². The van der Waals surface area contributed by atoms with Gasteiger partial charge < -0.3 is 14.8 Å². The van der Waals surface area contributed by atoms with Gasteiger partial charge in [0, 0.05) is 32.1 Å². The van der Waals surface area contributed by atoms with E-state index in [1.165, 1.54) is 5.56 Å². The number of nitrogens with zero attached hydrogens (tertiary/aromatic N) is 2. The van der Waals surface area contributed by atoms with E-state index in [0.29, 0.717) is 19.6 Å². The molecule has 30 heavy (non-hydrogen) atoms. The van der Waals surface area contributed by atoms with Gasteiger partial charge in [-0.1, -0.05) is 37.3 Å². The van der Waals surface area contributed by atoms with Crippen molar-refractivity contribution in [1.82, 2.24) is 14.8 Å². The summed E-state index contributed by atoms with van der Waals surface area (Å²) in [6.07, 6.45) is 1.44. The van der Waals surface area contributed by atoms with Crippen LogP contribution in [0.15, 0.2) is 47.8 Å². The van der Waals surface area contributed by atoms with Crippen molar-refractivity contribution < 1.29 is 9.59 Å². The summed E-state index contributed by atoms with van der Waals surface area (Å²) in [6.45, 7) is 6.88. The van der Waals surface area contributed by atoms with Crippen LogP contribution in [0.1, 0.15) is 48.7 Å². The molecular formula is C24H29N3O2S. The van der Waals surface area contributed by atoms with Crippen LogP contribution in [-0.4, -0.2) is 40.9 Å². The van der Waals surface area contributed by atoms with Gasteiger partial charge in [-0.15, -0.1) is 11.3 Å². The maximum atomic E-state index is 13.1. The molecule has 2 aromatic heterocycles. The minimum atomic E-state index is -0.0153. The second-order valence-corrected chi connectivity index (χ2v) is 9.01. The first kappa shape index (κ1) is 20.7. The molecule has 1 saturated heterocycles. The first-order chi connectivity index (χ1) is 14.6. The summed E-state index contributed by atoms with van der Waals surface area (Å²) in [5.41, 5.74) is 3.13. The van der Waals surface area contributed by atoms with Gasteiger partial charge in [-0.3, -0.25) is 9.59 Å². The summed E-state index contributed by atoms with van der Waals surface area (Å²) in [5.74, 6) is 0.463. The zero-order valence-electron chi connectivity index (χ0n) is 17.6. The monoisotopic (exact) mass is 423 g/mol. The average molecular weight is 424 g/mol. The maximum Gasteiger partial charge on any atom is 0.270 e. The lowest BCUT2D eigenvalue weighted by Gasteiger charge is -2.31. The van der Waals surface area contributed by atoms with Gasteiger partial charge in [-0.25, -0.2) is 0 Å². The number of nitrogens with one attached hydrogen (secondary N) is 1. The molecule has 1 unspecified atom stereocenters. The van der Waals surface area contributed by atoms with Crippen molar-refractivity contribution in [3.8, 4) is 0 Å². The van der Waals surface area contributed by atoms with Crippen molar-refractivity contribution in [2.24, 2.45) is 5.92 Å². The fourth-order valence-electron chi connectivity index (χ4n) is 4.30. The summed E-state index contributed by atoms with van der Waals surface area (Å²) in [5, 5.41) is 5.18. The van der Waals surface area contributed by atoms with Crippen LogP contribution in [0, 0.1) is 5.92 Å². The first-order valence-corrected chi connectivity index (χ1v) is 11.6. The van der Waals surface area contributed by atoms with Crippen molar-refractivity contribution in [1.29, 1.82) is 0 Å². The fraction of sp³-hybridized carbons (Fsp3) is 0.417. The van der Waals surface area contributed by atoms with E-state index < -0.39 is 0 Å². The standard InChI is InChI=1S/C24H29N3O2S/c1-3-27-20-11-14-30-22(20)15-21(27)24(29)26-12-9-19(10-13-26)23(28)25-16-17(2)18-7-5-4-6-8-18/h4-8,11,14-15,17,19H,3,9-10,12-13,16H2,1-2H3,(H,25,28). The Balaban J connectivity index is 1.31. The Hall–Kier alpha value is -2.60. The molecule has 1 aromatic carbocycles. The van der Waals surface area contributed by atoms with E-state index in [1.807, 2.05) is 29.2 Å². The van der Waals surface area contributed by atoms with Crippen LogP contribution in [0.25, 0.3) is 10.2 Å². The van der Waals surface area contributed by atoms with Crippen molar-refractivity contribution in [3.05, 3.63) is 59.1 Å². The lowest BCUT2D eigenvalue weighted by molar-refractivity contribution is -0.126. The molecule has 1 aliphatic rings. The van der Waals surface area contributed by atoms with E-state index in [1.54, 1.807) is 11.3 Å². The van der Waals surface area contributed by atoms with E-state index >= 15 is 0 Å². The number of piperidine rings is 1. The molecule has 1 N–H and O–H groups in total. The van der Waals surface area contributed by atoms with E-state index in [4.69, 9.17) is 0 Å². The summed E-state index contributed by atoms with van der Waals surface area (Å²) in [6, 6.07) is 14.3. The van der Waals surface area contributed by atoms with Crippen molar-refractivity contribution in [2.75, 3.05) is 19.6 Å². The Morgan fingerprint density at radius 3 is 2.60 bits per heavy atom. The fourth-order valence-corrected chi connectivity index (χ4v) is 5.12. The SMILES string of the molecule is CCn1c(C(=O)N2CCC(C(=O)NCC(C)c3ccccc3)CC2)cc2sccc21. The van der Waals surface area contributed by atoms with E-state index in [9.17, 15) is 9.59 Å². The summed E-state index contributed by atoms with van der Waals surface area (Å²) in [4.78, 5) is 27.7. The first-order valence-electron chi connectivity index (χ1n) is 10.8. The van der Waals surface area contributed by atoms with Crippen LogP contribution >= 0.6 is 11.3 Å². The van der Waals surface area contributed by atoms with Crippen LogP contribution in [0.5, 0.6) is 0 Å². The third-order valence-electron chi connectivity index (χ3n) is 6.16. The highest BCUT2D eigenvalue weighted by Gasteiger charge is 2.29. The van der Waals surface area contributed by atoms with Crippen molar-refractivity contribution in [3.63, 3.8) is 0 Å². The molecule has 0 bridgehead atoms. The maximum absolute atomic E-state index is 13.1. The molecule has 3 aromatic rings. The number of likely N-dealkylation sites (tertiary alicyclic amines) is 1. The zero-order valence-corrected chi connectivity index (χ0v) is 18.5. The molecule has 1 fully saturated rings. The molecule has 5 nitrogen and oxygen atoms in total. The normalized spacial score (nSPS) is 16.0. The Labute approximate surface area is 181 Å². The van der Waals surface area contributed by atoms with Gasteiger partial charge in [0.1, 0.15) is 5.69 Å². The second kappa shape index (κ2) is 9.04. The summed E-state index contributed by atoms with van der Waals surface area (Å²) >= 11 is 1.67. The third kappa shape index (κ3) is 4.15. The highest BCUT2D eigenvalue weighted by molar-refractivity contribution is 7.17. The second-order valence-electron chi connectivity index (χ2n) is 8.07. The summed E-state index contributed by atoms with van der Waals surface area (Å²) < 4.78 is 3.25. The third-order valence-corrected chi connectivity index (χ3v) is 7.02. The van der Waals surface area contributed by atoms with Crippen molar-refractivity contribution in [2.45, 2.75) is 39.2 Å². The topological polar surface area (TPSA) is 54.3 Å². The highest BCUT2D eigenvalue weighted by Crippen LogP contribution is 2.27. The number of benzene rings is 1.